The van der Waals surface area contributed by atoms with Crippen LogP contribution in [0.3, 0.4) is 0 Å². The molecule has 0 spiro atoms. The van der Waals surface area contributed by atoms with Crippen molar-refractivity contribution in [1.29, 1.82) is 0 Å². The minimum absolute atomic E-state index is 0.0345. The van der Waals surface area contributed by atoms with E-state index in [1.54, 1.807) is 29.7 Å². The smallest absolute Gasteiger partial charge is 0.311 e. The largest absolute Gasteiger partial charge is 0.427 e. The highest BCUT2D eigenvalue weighted by Crippen LogP contribution is 2.14. The van der Waals surface area contributed by atoms with Crippen molar-refractivity contribution in [3.8, 4) is 5.75 Å². The molecule has 22 heavy (non-hydrogen) atoms. The zero-order valence-corrected chi connectivity index (χ0v) is 12.6. The molecule has 0 aliphatic heterocycles. The Morgan fingerprint density at radius 2 is 1.59 bits per heavy atom. The molecule has 1 aromatic carbocycles. The van der Waals surface area contributed by atoms with Gasteiger partial charge in [0.15, 0.2) is 5.78 Å². The van der Waals surface area contributed by atoms with Crippen LogP contribution in [0.25, 0.3) is 0 Å². The van der Waals surface area contributed by atoms with Gasteiger partial charge in [0, 0.05) is 18.4 Å². The number of hydrogen-bond donors (Lipinski definition) is 2. The normalized spacial score (nSPS) is 10.1. The lowest BCUT2D eigenvalue weighted by Gasteiger charge is -2.05. The number of ketones is 1. The zero-order valence-electron chi connectivity index (χ0n) is 12.6. The topological polar surface area (TPSA) is 92.7 Å². The van der Waals surface area contributed by atoms with E-state index in [4.69, 9.17) is 9.94 Å². The van der Waals surface area contributed by atoms with Crippen LogP contribution in [0.5, 0.6) is 5.75 Å². The number of rotatable bonds is 9. The van der Waals surface area contributed by atoms with Gasteiger partial charge in [-0.05, 0) is 44.0 Å². The summed E-state index contributed by atoms with van der Waals surface area (Å²) in [6.45, 7) is 1.48. The second-order valence-corrected chi connectivity index (χ2v) is 5.00. The summed E-state index contributed by atoms with van der Waals surface area (Å²) in [6.07, 6.45) is 3.58. The van der Waals surface area contributed by atoms with Crippen LogP contribution in [0.2, 0.25) is 0 Å². The number of hydrogen-bond acceptors (Lipinski definition) is 5. The molecule has 0 fully saturated rings. The maximum absolute atomic E-state index is 11.6. The molecule has 0 aromatic heterocycles. The van der Waals surface area contributed by atoms with E-state index in [0.29, 0.717) is 30.6 Å². The Labute approximate surface area is 129 Å². The fourth-order valence-electron chi connectivity index (χ4n) is 1.90. The molecular formula is C16H21NO5. The summed E-state index contributed by atoms with van der Waals surface area (Å²) >= 11 is 0. The summed E-state index contributed by atoms with van der Waals surface area (Å²) < 4.78 is 5.16. The average molecular weight is 307 g/mol. The SMILES string of the molecule is CC(=O)c1ccc(OC(=O)CCCCCCC(=O)NO)cc1. The number of esters is 1. The number of carbonyl (C=O) groups is 3. The molecule has 1 amide bonds. The maximum atomic E-state index is 11.6. The molecule has 0 saturated carbocycles. The van der Waals surface area contributed by atoms with Crippen molar-refractivity contribution in [2.75, 3.05) is 0 Å². The maximum Gasteiger partial charge on any atom is 0.311 e. The summed E-state index contributed by atoms with van der Waals surface area (Å²) in [6, 6.07) is 6.44. The number of Topliss-reactive ketones (excluding diaryl/α,β-unsaturated/α-hetero) is 1. The third kappa shape index (κ3) is 6.99. The Morgan fingerprint density at radius 3 is 2.14 bits per heavy atom. The number of ether oxygens (including phenoxy) is 1. The predicted molar refractivity (Wildman–Crippen MR) is 79.7 cm³/mol. The lowest BCUT2D eigenvalue weighted by Crippen LogP contribution is -2.17. The first-order valence-electron chi connectivity index (χ1n) is 7.27. The number of benzene rings is 1. The molecule has 2 N–H and O–H groups in total. The van der Waals surface area contributed by atoms with Crippen molar-refractivity contribution in [1.82, 2.24) is 5.48 Å². The van der Waals surface area contributed by atoms with Gasteiger partial charge >= 0.3 is 5.97 Å². The highest BCUT2D eigenvalue weighted by molar-refractivity contribution is 5.94. The van der Waals surface area contributed by atoms with E-state index in [0.717, 1.165) is 12.8 Å². The van der Waals surface area contributed by atoms with Crippen LogP contribution < -0.4 is 10.2 Å². The number of nitrogens with one attached hydrogen (secondary N) is 1. The van der Waals surface area contributed by atoms with Crippen molar-refractivity contribution < 1.29 is 24.3 Å². The molecule has 0 saturated heterocycles. The Bertz CT molecular complexity index is 510. The Morgan fingerprint density at radius 1 is 1.00 bits per heavy atom. The summed E-state index contributed by atoms with van der Waals surface area (Å²) in [5.74, 6) is -0.320. The molecule has 1 aromatic rings. The van der Waals surface area contributed by atoms with Crippen LogP contribution >= 0.6 is 0 Å². The lowest BCUT2D eigenvalue weighted by molar-refractivity contribution is -0.134. The Hall–Kier alpha value is -2.21. The average Bonchev–Trinajstić information content (AvgIpc) is 2.50. The van der Waals surface area contributed by atoms with Gasteiger partial charge in [-0.15, -0.1) is 0 Å². The van der Waals surface area contributed by atoms with Crippen molar-refractivity contribution in [2.24, 2.45) is 0 Å². The van der Waals surface area contributed by atoms with Gasteiger partial charge in [-0.3, -0.25) is 19.6 Å². The number of carbonyl (C=O) groups excluding carboxylic acids is 3. The number of unbranched alkanes of at least 4 members (excludes halogenated alkanes) is 3. The summed E-state index contributed by atoms with van der Waals surface area (Å²) in [4.78, 5) is 33.5. The first kappa shape index (κ1) is 17.8. The van der Waals surface area contributed by atoms with E-state index < -0.39 is 5.91 Å². The second-order valence-electron chi connectivity index (χ2n) is 5.00. The van der Waals surface area contributed by atoms with E-state index in [1.165, 1.54) is 6.92 Å². The summed E-state index contributed by atoms with van der Waals surface area (Å²) in [5, 5.41) is 8.32. The van der Waals surface area contributed by atoms with Gasteiger partial charge in [0.05, 0.1) is 0 Å². The van der Waals surface area contributed by atoms with Gasteiger partial charge in [0.1, 0.15) is 5.75 Å². The van der Waals surface area contributed by atoms with Crippen LogP contribution in [0.4, 0.5) is 0 Å². The molecule has 120 valence electrons. The molecule has 6 nitrogen and oxygen atoms in total. The first-order valence-corrected chi connectivity index (χ1v) is 7.27. The third-order valence-corrected chi connectivity index (χ3v) is 3.15. The van der Waals surface area contributed by atoms with Crippen LogP contribution in [0.1, 0.15) is 55.8 Å². The van der Waals surface area contributed by atoms with Gasteiger partial charge in [0.2, 0.25) is 5.91 Å². The Kier molecular flexibility index (Phi) is 7.85. The van der Waals surface area contributed by atoms with E-state index in [-0.39, 0.29) is 18.2 Å². The van der Waals surface area contributed by atoms with E-state index in [9.17, 15) is 14.4 Å². The molecule has 0 bridgehead atoms. The standard InChI is InChI=1S/C16H21NO5/c1-12(18)13-8-10-14(11-9-13)22-16(20)7-5-3-2-4-6-15(19)17-21/h8-11,21H,2-7H2,1H3,(H,17,19). The molecule has 0 radical (unpaired) electrons. The van der Waals surface area contributed by atoms with Crippen LogP contribution in [0, 0.1) is 0 Å². The highest BCUT2D eigenvalue weighted by atomic mass is 16.5. The Balaban J connectivity index is 2.18. The molecule has 6 heteroatoms. The van der Waals surface area contributed by atoms with Crippen molar-refractivity contribution >= 4 is 17.7 Å². The molecule has 0 atom stereocenters. The number of hydroxylamine groups is 1. The highest BCUT2D eigenvalue weighted by Gasteiger charge is 2.06. The number of amides is 1. The predicted octanol–water partition coefficient (Wildman–Crippen LogP) is 2.64. The van der Waals surface area contributed by atoms with E-state index in [2.05, 4.69) is 0 Å². The molecule has 0 aliphatic rings. The monoisotopic (exact) mass is 307 g/mol. The molecule has 1 rings (SSSR count). The molecule has 0 unspecified atom stereocenters. The third-order valence-electron chi connectivity index (χ3n) is 3.15. The van der Waals surface area contributed by atoms with Gasteiger partial charge in [-0.2, -0.15) is 0 Å². The van der Waals surface area contributed by atoms with E-state index >= 15 is 0 Å². The minimum Gasteiger partial charge on any atom is -0.427 e. The van der Waals surface area contributed by atoms with Gasteiger partial charge in [-0.1, -0.05) is 12.8 Å². The molecule has 0 heterocycles. The van der Waals surface area contributed by atoms with Crippen molar-refractivity contribution in [3.63, 3.8) is 0 Å². The van der Waals surface area contributed by atoms with Gasteiger partial charge in [-0.25, -0.2) is 5.48 Å². The van der Waals surface area contributed by atoms with E-state index in [1.807, 2.05) is 0 Å². The van der Waals surface area contributed by atoms with Gasteiger partial charge < -0.3 is 4.74 Å². The van der Waals surface area contributed by atoms with Gasteiger partial charge in [0.25, 0.3) is 0 Å². The molecule has 0 aliphatic carbocycles. The van der Waals surface area contributed by atoms with Crippen LogP contribution in [0.15, 0.2) is 24.3 Å². The zero-order chi connectivity index (χ0) is 16.4. The fourth-order valence-corrected chi connectivity index (χ4v) is 1.90. The summed E-state index contributed by atoms with van der Waals surface area (Å²) in [5.41, 5.74) is 2.15. The van der Waals surface area contributed by atoms with Crippen molar-refractivity contribution in [3.05, 3.63) is 29.8 Å². The first-order chi connectivity index (χ1) is 10.5. The minimum atomic E-state index is -0.395. The van der Waals surface area contributed by atoms with Crippen LogP contribution in [-0.2, 0) is 9.59 Å². The summed E-state index contributed by atoms with van der Waals surface area (Å²) in [7, 11) is 0. The van der Waals surface area contributed by atoms with Crippen LogP contribution in [-0.4, -0.2) is 22.9 Å². The fraction of sp³-hybridized carbons (Fsp3) is 0.438. The molecular weight excluding hydrogens is 286 g/mol. The lowest BCUT2D eigenvalue weighted by atomic mass is 10.1. The second kappa shape index (κ2) is 9.68. The van der Waals surface area contributed by atoms with Crippen molar-refractivity contribution in [2.45, 2.75) is 45.4 Å². The quantitative estimate of drug-likeness (QED) is 0.183.